The number of aromatic nitrogens is 4. The summed E-state index contributed by atoms with van der Waals surface area (Å²) in [5, 5.41) is 0. The maximum absolute atomic E-state index is 13.1. The summed E-state index contributed by atoms with van der Waals surface area (Å²) in [6.45, 7) is 4.81. The number of imidazole rings is 1. The lowest BCUT2D eigenvalue weighted by Crippen LogP contribution is -2.61. The highest BCUT2D eigenvalue weighted by Crippen LogP contribution is 2.31. The number of sulfonamides is 1. The Morgan fingerprint density at radius 2 is 1.84 bits per heavy atom. The van der Waals surface area contributed by atoms with E-state index in [9.17, 15) is 21.6 Å². The van der Waals surface area contributed by atoms with Gasteiger partial charge in [0.25, 0.3) is 0 Å². The number of piperazine rings is 1. The van der Waals surface area contributed by atoms with E-state index in [2.05, 4.69) is 15.0 Å². The zero-order chi connectivity index (χ0) is 22.6. The van der Waals surface area contributed by atoms with E-state index in [-0.39, 0.29) is 5.82 Å². The molecule has 0 amide bonds. The first-order valence-electron chi connectivity index (χ1n) is 9.47. The van der Waals surface area contributed by atoms with E-state index >= 15 is 0 Å². The number of halogens is 3. The highest BCUT2D eigenvalue weighted by Gasteiger charge is 2.39. The van der Waals surface area contributed by atoms with E-state index in [0.717, 1.165) is 12.3 Å². The molecule has 166 valence electrons. The van der Waals surface area contributed by atoms with E-state index in [4.69, 9.17) is 0 Å². The molecule has 0 aliphatic carbocycles. The van der Waals surface area contributed by atoms with Crippen LogP contribution in [0, 0.1) is 0 Å². The number of pyridine rings is 1. The van der Waals surface area contributed by atoms with Crippen LogP contribution in [-0.4, -0.2) is 63.5 Å². The molecule has 3 aromatic rings. The Bertz CT molecular complexity index is 1240. The minimum absolute atomic E-state index is 0.229. The molecule has 0 N–H and O–H groups in total. The van der Waals surface area contributed by atoms with Gasteiger partial charge in [-0.15, -0.1) is 0 Å². The molecule has 0 spiro atoms. The van der Waals surface area contributed by atoms with Crippen LogP contribution in [0.2, 0.25) is 0 Å². The first kappa shape index (κ1) is 21.5. The van der Waals surface area contributed by atoms with Gasteiger partial charge in [-0.2, -0.15) is 17.5 Å². The average molecular weight is 454 g/mol. The molecular formula is C19H21F3N6O2S. The quantitative estimate of drug-likeness (QED) is 0.605. The molecule has 0 aromatic carbocycles. The number of fused-ring (bicyclic) bond motifs is 1. The topological polar surface area (TPSA) is 83.7 Å². The van der Waals surface area contributed by atoms with Crippen molar-refractivity contribution in [3.8, 4) is 11.5 Å². The summed E-state index contributed by atoms with van der Waals surface area (Å²) in [5.41, 5.74) is -0.770. The van der Waals surface area contributed by atoms with Crippen molar-refractivity contribution >= 4 is 21.5 Å². The van der Waals surface area contributed by atoms with Gasteiger partial charge in [0.1, 0.15) is 17.2 Å². The SMILES string of the molecule is CC1(C)CN(c2ccnc(-c3cnc4ccc(C(F)(F)F)cn34)n2)CCN1S(C)(=O)=O. The molecule has 8 nitrogen and oxygen atoms in total. The van der Waals surface area contributed by atoms with Crippen LogP contribution in [0.3, 0.4) is 0 Å². The van der Waals surface area contributed by atoms with E-state index in [1.165, 1.54) is 33.4 Å². The van der Waals surface area contributed by atoms with Gasteiger partial charge in [-0.1, -0.05) is 0 Å². The van der Waals surface area contributed by atoms with Crippen LogP contribution in [0.15, 0.2) is 36.8 Å². The molecule has 0 unspecified atom stereocenters. The van der Waals surface area contributed by atoms with E-state index in [0.29, 0.717) is 36.8 Å². The third kappa shape index (κ3) is 4.09. The zero-order valence-corrected chi connectivity index (χ0v) is 17.9. The molecule has 31 heavy (non-hydrogen) atoms. The van der Waals surface area contributed by atoms with E-state index in [1.807, 2.05) is 18.7 Å². The lowest BCUT2D eigenvalue weighted by molar-refractivity contribution is -0.137. The second-order valence-corrected chi connectivity index (χ2v) is 10.0. The summed E-state index contributed by atoms with van der Waals surface area (Å²) in [6, 6.07) is 3.97. The van der Waals surface area contributed by atoms with Crippen molar-refractivity contribution in [1.82, 2.24) is 23.7 Å². The van der Waals surface area contributed by atoms with Crippen LogP contribution in [0.25, 0.3) is 17.2 Å². The number of nitrogens with zero attached hydrogens (tertiary/aromatic N) is 6. The largest absolute Gasteiger partial charge is 0.417 e. The third-order valence-corrected chi connectivity index (χ3v) is 6.73. The third-order valence-electron chi connectivity index (χ3n) is 5.25. The van der Waals surface area contributed by atoms with Crippen molar-refractivity contribution in [2.75, 3.05) is 30.8 Å². The second-order valence-electron chi connectivity index (χ2n) is 8.09. The first-order valence-corrected chi connectivity index (χ1v) is 11.3. The van der Waals surface area contributed by atoms with Gasteiger partial charge >= 0.3 is 6.18 Å². The van der Waals surface area contributed by atoms with Crippen molar-refractivity contribution in [3.05, 3.63) is 42.4 Å². The molecule has 0 atom stereocenters. The minimum Gasteiger partial charge on any atom is -0.353 e. The summed E-state index contributed by atoms with van der Waals surface area (Å²) in [7, 11) is -3.35. The maximum Gasteiger partial charge on any atom is 0.417 e. The van der Waals surface area contributed by atoms with Crippen LogP contribution < -0.4 is 4.90 Å². The lowest BCUT2D eigenvalue weighted by Gasteiger charge is -2.45. The van der Waals surface area contributed by atoms with Crippen LogP contribution in [0.4, 0.5) is 19.0 Å². The van der Waals surface area contributed by atoms with Gasteiger partial charge in [-0.05, 0) is 32.0 Å². The lowest BCUT2D eigenvalue weighted by atomic mass is 10.0. The Morgan fingerprint density at radius 1 is 1.10 bits per heavy atom. The molecule has 3 aromatic heterocycles. The zero-order valence-electron chi connectivity index (χ0n) is 17.1. The number of hydrogen-bond donors (Lipinski definition) is 0. The Hall–Kier alpha value is -2.73. The van der Waals surface area contributed by atoms with Gasteiger partial charge < -0.3 is 4.90 Å². The van der Waals surface area contributed by atoms with Gasteiger partial charge in [0.15, 0.2) is 5.82 Å². The number of rotatable bonds is 3. The fourth-order valence-corrected chi connectivity index (χ4v) is 5.28. The molecule has 4 heterocycles. The van der Waals surface area contributed by atoms with E-state index < -0.39 is 27.3 Å². The van der Waals surface area contributed by atoms with Gasteiger partial charge in [-0.25, -0.2) is 23.4 Å². The summed E-state index contributed by atoms with van der Waals surface area (Å²) >= 11 is 0. The van der Waals surface area contributed by atoms with Gasteiger partial charge in [0, 0.05) is 37.6 Å². The smallest absolute Gasteiger partial charge is 0.353 e. The number of anilines is 1. The molecule has 1 aliphatic heterocycles. The summed E-state index contributed by atoms with van der Waals surface area (Å²) in [6.07, 6.45) is 0.638. The van der Waals surface area contributed by atoms with Gasteiger partial charge in [0.2, 0.25) is 10.0 Å². The van der Waals surface area contributed by atoms with Crippen molar-refractivity contribution < 1.29 is 21.6 Å². The van der Waals surface area contributed by atoms with E-state index in [1.54, 1.807) is 6.07 Å². The molecule has 1 aliphatic rings. The van der Waals surface area contributed by atoms with Crippen LogP contribution in [0.5, 0.6) is 0 Å². The molecule has 0 saturated carbocycles. The van der Waals surface area contributed by atoms with Crippen molar-refractivity contribution in [2.24, 2.45) is 0 Å². The highest BCUT2D eigenvalue weighted by atomic mass is 32.2. The maximum atomic E-state index is 13.1. The van der Waals surface area contributed by atoms with Crippen molar-refractivity contribution in [2.45, 2.75) is 25.6 Å². The molecule has 12 heteroatoms. The van der Waals surface area contributed by atoms with Crippen molar-refractivity contribution in [1.29, 1.82) is 0 Å². The first-order chi connectivity index (χ1) is 14.4. The highest BCUT2D eigenvalue weighted by molar-refractivity contribution is 7.88. The molecule has 0 bridgehead atoms. The van der Waals surface area contributed by atoms with Crippen LogP contribution in [-0.2, 0) is 16.2 Å². The Kier molecular flexibility index (Phi) is 4.97. The minimum atomic E-state index is -4.48. The van der Waals surface area contributed by atoms with Gasteiger partial charge in [-0.3, -0.25) is 4.40 Å². The predicted octanol–water partition coefficient (Wildman–Crippen LogP) is 2.67. The summed E-state index contributed by atoms with van der Waals surface area (Å²) in [4.78, 5) is 14.9. The standard InChI is InChI=1S/C19H21F3N6O2S/c1-18(2)12-26(8-9-28(18)31(3,29)30)16-6-7-23-17(25-16)14-10-24-15-5-4-13(11-27(14)15)19(20,21)22/h4-7,10-11H,8-9,12H2,1-3H3. The Labute approximate surface area is 177 Å². The van der Waals surface area contributed by atoms with Gasteiger partial charge in [0.05, 0.1) is 18.0 Å². The Morgan fingerprint density at radius 3 is 2.48 bits per heavy atom. The Balaban J connectivity index is 1.69. The second kappa shape index (κ2) is 7.16. The fourth-order valence-electron chi connectivity index (χ4n) is 3.91. The normalized spacial score (nSPS) is 17.9. The van der Waals surface area contributed by atoms with Crippen molar-refractivity contribution in [3.63, 3.8) is 0 Å². The number of hydrogen-bond acceptors (Lipinski definition) is 6. The fraction of sp³-hybridized carbons (Fsp3) is 0.421. The molecular weight excluding hydrogens is 433 g/mol. The average Bonchev–Trinajstić information content (AvgIpc) is 3.09. The van der Waals surface area contributed by atoms with Crippen LogP contribution >= 0.6 is 0 Å². The monoisotopic (exact) mass is 454 g/mol. The molecule has 1 fully saturated rings. The molecule has 4 rings (SSSR count). The molecule has 0 radical (unpaired) electrons. The number of alkyl halides is 3. The van der Waals surface area contributed by atoms with Crippen LogP contribution in [0.1, 0.15) is 19.4 Å². The molecule has 1 saturated heterocycles. The predicted molar refractivity (Wildman–Crippen MR) is 109 cm³/mol. The summed E-state index contributed by atoms with van der Waals surface area (Å²) in [5.74, 6) is 0.792. The summed E-state index contributed by atoms with van der Waals surface area (Å²) < 4.78 is 66.3.